The van der Waals surface area contributed by atoms with Crippen LogP contribution in [0.2, 0.25) is 0 Å². The Morgan fingerprint density at radius 1 is 1.24 bits per heavy atom. The normalized spacial score (nSPS) is 11.3. The van der Waals surface area contributed by atoms with Gasteiger partial charge < -0.3 is 9.63 Å². The van der Waals surface area contributed by atoms with Gasteiger partial charge in [-0.3, -0.25) is 13.8 Å². The maximum absolute atomic E-state index is 12.3. The van der Waals surface area contributed by atoms with E-state index in [1.54, 1.807) is 38.1 Å². The quantitative estimate of drug-likeness (QED) is 0.655. The van der Waals surface area contributed by atoms with Gasteiger partial charge in [-0.25, -0.2) is 4.57 Å². The molecule has 1 rings (SSSR count). The van der Waals surface area contributed by atoms with Crippen LogP contribution >= 0.6 is 19.6 Å². The Kier molecular flexibility index (Phi) is 7.82. The molecule has 118 valence electrons. The second kappa shape index (κ2) is 9.10. The van der Waals surface area contributed by atoms with Crippen LogP contribution in [0.15, 0.2) is 24.3 Å². The van der Waals surface area contributed by atoms with Crippen molar-refractivity contribution in [3.63, 3.8) is 0 Å². The Bertz CT molecular complexity index is 497. The van der Waals surface area contributed by atoms with Gasteiger partial charge in [0.05, 0.1) is 19.0 Å². The van der Waals surface area contributed by atoms with Crippen LogP contribution in [-0.2, 0) is 24.2 Å². The van der Waals surface area contributed by atoms with Crippen LogP contribution in [0.1, 0.15) is 19.4 Å². The maximum Gasteiger partial charge on any atom is 0.530 e. The highest BCUT2D eigenvalue weighted by atomic mass is 32.2. The summed E-state index contributed by atoms with van der Waals surface area (Å²) in [7, 11) is -3.64. The number of para-hydroxylation sites is 1. The van der Waals surface area contributed by atoms with E-state index in [4.69, 9.17) is 18.7 Å². The van der Waals surface area contributed by atoms with Gasteiger partial charge in [-0.2, -0.15) is 0 Å². The molecule has 0 amide bonds. The van der Waals surface area contributed by atoms with E-state index in [1.807, 2.05) is 0 Å². The van der Waals surface area contributed by atoms with Gasteiger partial charge in [0, 0.05) is 11.3 Å². The molecule has 0 saturated carbocycles. The number of hydrogen-bond acceptors (Lipinski definition) is 6. The highest BCUT2D eigenvalue weighted by molar-refractivity contribution is 7.99. The van der Waals surface area contributed by atoms with Crippen LogP contribution < -0.4 is 4.52 Å². The summed E-state index contributed by atoms with van der Waals surface area (Å²) in [5, 5.41) is 8.65. The number of phosphoric acid groups is 1. The zero-order valence-corrected chi connectivity index (χ0v) is 13.7. The van der Waals surface area contributed by atoms with E-state index < -0.39 is 13.8 Å². The number of benzene rings is 1. The van der Waals surface area contributed by atoms with Gasteiger partial charge >= 0.3 is 13.8 Å². The minimum Gasteiger partial charge on any atom is -0.481 e. The summed E-state index contributed by atoms with van der Waals surface area (Å²) in [6, 6.07) is 6.98. The SMILES string of the molecule is CCOP(=O)(OCC)Oc1ccccc1CSCC(=O)O. The Morgan fingerprint density at radius 3 is 2.43 bits per heavy atom. The van der Waals surface area contributed by atoms with Crippen molar-refractivity contribution >= 4 is 25.6 Å². The van der Waals surface area contributed by atoms with Crippen molar-refractivity contribution in [3.05, 3.63) is 29.8 Å². The average Bonchev–Trinajstić information content (AvgIpc) is 2.40. The minimum absolute atomic E-state index is 0.0110. The summed E-state index contributed by atoms with van der Waals surface area (Å²) in [6.07, 6.45) is 0. The third-order valence-corrected chi connectivity index (χ3v) is 4.78. The van der Waals surface area contributed by atoms with E-state index in [-0.39, 0.29) is 19.0 Å². The summed E-state index contributed by atoms with van der Waals surface area (Å²) in [4.78, 5) is 10.5. The lowest BCUT2D eigenvalue weighted by Gasteiger charge is -2.18. The topological polar surface area (TPSA) is 82.1 Å². The molecule has 0 heterocycles. The lowest BCUT2D eigenvalue weighted by Crippen LogP contribution is -2.04. The molecule has 0 aliphatic heterocycles. The predicted octanol–water partition coefficient (Wildman–Crippen LogP) is 3.56. The van der Waals surface area contributed by atoms with Crippen molar-refractivity contribution in [2.75, 3.05) is 19.0 Å². The van der Waals surface area contributed by atoms with Crippen LogP contribution in [0.3, 0.4) is 0 Å². The van der Waals surface area contributed by atoms with Crippen molar-refractivity contribution in [2.45, 2.75) is 19.6 Å². The first-order chi connectivity index (χ1) is 10.0. The number of carboxylic acid groups (broad SMARTS) is 1. The first-order valence-corrected chi connectivity index (χ1v) is 9.08. The zero-order chi connectivity index (χ0) is 15.7. The number of rotatable bonds is 10. The van der Waals surface area contributed by atoms with Crippen LogP contribution in [-0.4, -0.2) is 30.0 Å². The van der Waals surface area contributed by atoms with E-state index in [2.05, 4.69) is 0 Å². The molecule has 0 saturated heterocycles. The molecule has 0 spiro atoms. The highest BCUT2D eigenvalue weighted by Gasteiger charge is 2.28. The van der Waals surface area contributed by atoms with Gasteiger partial charge in [0.2, 0.25) is 0 Å². The number of carboxylic acids is 1. The van der Waals surface area contributed by atoms with Crippen molar-refractivity contribution in [1.82, 2.24) is 0 Å². The van der Waals surface area contributed by atoms with Crippen molar-refractivity contribution in [1.29, 1.82) is 0 Å². The van der Waals surface area contributed by atoms with Crippen molar-refractivity contribution in [2.24, 2.45) is 0 Å². The van der Waals surface area contributed by atoms with Gasteiger partial charge in [0.25, 0.3) is 0 Å². The molecule has 0 unspecified atom stereocenters. The molecule has 0 fully saturated rings. The average molecular weight is 334 g/mol. The smallest absolute Gasteiger partial charge is 0.481 e. The minimum atomic E-state index is -3.64. The standard InChI is InChI=1S/C13H19O6PS/c1-3-17-20(16,18-4-2)19-12-8-6-5-7-11(12)9-21-10-13(14)15/h5-8H,3-4,9-10H2,1-2H3,(H,14,15). The van der Waals surface area contributed by atoms with Crippen LogP contribution in [0.4, 0.5) is 0 Å². The first kappa shape index (κ1) is 18.0. The lowest BCUT2D eigenvalue weighted by molar-refractivity contribution is -0.133. The van der Waals surface area contributed by atoms with E-state index >= 15 is 0 Å². The third-order valence-electron chi connectivity index (χ3n) is 2.24. The van der Waals surface area contributed by atoms with Crippen molar-refractivity contribution in [3.8, 4) is 5.75 Å². The fraction of sp³-hybridized carbons (Fsp3) is 0.462. The second-order valence-corrected chi connectivity index (χ2v) is 6.45. The van der Waals surface area contributed by atoms with Gasteiger partial charge in [0.1, 0.15) is 5.75 Å². The first-order valence-electron chi connectivity index (χ1n) is 6.47. The summed E-state index contributed by atoms with van der Waals surface area (Å²) < 4.78 is 27.9. The number of thioether (sulfide) groups is 1. The van der Waals surface area contributed by atoms with Crippen LogP contribution in [0.25, 0.3) is 0 Å². The van der Waals surface area contributed by atoms with Gasteiger partial charge in [-0.1, -0.05) is 18.2 Å². The van der Waals surface area contributed by atoms with E-state index in [0.29, 0.717) is 11.5 Å². The fourth-order valence-electron chi connectivity index (χ4n) is 1.49. The Morgan fingerprint density at radius 2 is 1.86 bits per heavy atom. The molecular weight excluding hydrogens is 315 g/mol. The van der Waals surface area contributed by atoms with Crippen LogP contribution in [0, 0.1) is 0 Å². The Hall–Kier alpha value is -1.01. The molecule has 1 aromatic rings. The largest absolute Gasteiger partial charge is 0.530 e. The molecule has 6 nitrogen and oxygen atoms in total. The molecule has 8 heteroatoms. The number of aliphatic carboxylic acids is 1. The molecule has 0 aromatic heterocycles. The molecular formula is C13H19O6PS. The van der Waals surface area contributed by atoms with E-state index in [1.165, 1.54) is 11.8 Å². The molecule has 1 aromatic carbocycles. The van der Waals surface area contributed by atoms with Gasteiger partial charge in [0.15, 0.2) is 0 Å². The predicted molar refractivity (Wildman–Crippen MR) is 81.7 cm³/mol. The maximum atomic E-state index is 12.3. The van der Waals surface area contributed by atoms with Crippen LogP contribution in [0.5, 0.6) is 5.75 Å². The molecule has 0 atom stereocenters. The van der Waals surface area contributed by atoms with E-state index in [0.717, 1.165) is 5.56 Å². The second-order valence-electron chi connectivity index (χ2n) is 3.87. The number of phosphoric ester groups is 1. The summed E-state index contributed by atoms with van der Waals surface area (Å²) >= 11 is 1.23. The summed E-state index contributed by atoms with van der Waals surface area (Å²) in [5.41, 5.74) is 0.739. The van der Waals surface area contributed by atoms with Gasteiger partial charge in [-0.05, 0) is 19.9 Å². The third kappa shape index (κ3) is 6.52. The summed E-state index contributed by atoms with van der Waals surface area (Å²) in [6.45, 7) is 3.80. The molecule has 0 aliphatic carbocycles. The zero-order valence-electron chi connectivity index (χ0n) is 12.0. The summed E-state index contributed by atoms with van der Waals surface area (Å²) in [5.74, 6) is -0.0859. The monoisotopic (exact) mass is 334 g/mol. The molecule has 0 aliphatic rings. The van der Waals surface area contributed by atoms with E-state index in [9.17, 15) is 9.36 Å². The fourth-order valence-corrected chi connectivity index (χ4v) is 3.45. The van der Waals surface area contributed by atoms with Crippen molar-refractivity contribution < 1.29 is 28.0 Å². The molecule has 21 heavy (non-hydrogen) atoms. The molecule has 0 bridgehead atoms. The molecule has 1 N–H and O–H groups in total. The Labute approximate surface area is 128 Å². The number of carbonyl (C=O) groups is 1. The number of hydrogen-bond donors (Lipinski definition) is 1. The highest BCUT2D eigenvalue weighted by Crippen LogP contribution is 2.50. The lowest BCUT2D eigenvalue weighted by atomic mass is 10.2. The van der Waals surface area contributed by atoms with Gasteiger partial charge in [-0.15, -0.1) is 11.8 Å². The Balaban J connectivity index is 2.81. The molecule has 0 radical (unpaired) electrons.